The molecule has 1 aromatic heterocycles. The van der Waals surface area contributed by atoms with E-state index in [1.54, 1.807) is 18.6 Å². The number of rotatable bonds is 3. The van der Waals surface area contributed by atoms with Gasteiger partial charge in [-0.2, -0.15) is 0 Å². The molecule has 0 aliphatic heterocycles. The second-order valence-corrected chi connectivity index (χ2v) is 2.33. The highest BCUT2D eigenvalue weighted by atomic mass is 16.1. The van der Waals surface area contributed by atoms with Crippen molar-refractivity contribution in [3.05, 3.63) is 24.3 Å². The Morgan fingerprint density at radius 1 is 1.43 bits per heavy atom. The summed E-state index contributed by atoms with van der Waals surface area (Å²) >= 11 is 0. The third-order valence-electron chi connectivity index (χ3n) is 1.40. The van der Waals surface area contributed by atoms with Gasteiger partial charge in [-0.3, -0.25) is 14.8 Å². The van der Waals surface area contributed by atoms with Gasteiger partial charge in [0.25, 0.3) is 0 Å². The molecule has 0 aliphatic rings. The molecule has 0 radical (unpaired) electrons. The lowest BCUT2D eigenvalue weighted by Crippen LogP contribution is -2.21. The molecule has 0 bridgehead atoms. The van der Waals surface area contributed by atoms with Gasteiger partial charge in [0.15, 0.2) is 0 Å². The van der Waals surface area contributed by atoms with E-state index in [4.69, 9.17) is 0 Å². The zero-order valence-corrected chi connectivity index (χ0v) is 8.95. The van der Waals surface area contributed by atoms with Crippen molar-refractivity contribution in [1.82, 2.24) is 15.3 Å². The van der Waals surface area contributed by atoms with E-state index in [-0.39, 0.29) is 5.91 Å². The van der Waals surface area contributed by atoms with Crippen LogP contribution in [0, 0.1) is 0 Å². The lowest BCUT2D eigenvalue weighted by Gasteiger charge is -2.00. The van der Waals surface area contributed by atoms with Gasteiger partial charge in [-0.1, -0.05) is 20.8 Å². The van der Waals surface area contributed by atoms with Gasteiger partial charge in [-0.25, -0.2) is 0 Å². The minimum atomic E-state index is 0.0284. The summed E-state index contributed by atoms with van der Waals surface area (Å²) in [5, 5.41) is 2.71. The summed E-state index contributed by atoms with van der Waals surface area (Å²) < 4.78 is 0. The minimum Gasteiger partial charge on any atom is -0.350 e. The molecular formula is C10H17N3O. The van der Waals surface area contributed by atoms with Gasteiger partial charge >= 0.3 is 0 Å². The van der Waals surface area contributed by atoms with Crippen molar-refractivity contribution in [2.24, 2.45) is 0 Å². The molecule has 0 atom stereocenters. The minimum absolute atomic E-state index is 0.0284. The highest BCUT2D eigenvalue weighted by molar-refractivity contribution is 5.75. The standard InChI is InChI=1S/C8H11N3O.C2H6/c1-2-8(12)11-6-7-5-9-3-4-10-7;1-2/h3-5H,2,6H2,1H3,(H,11,12);1-2H3. The molecule has 0 fully saturated rings. The zero-order valence-electron chi connectivity index (χ0n) is 8.95. The molecule has 0 spiro atoms. The lowest BCUT2D eigenvalue weighted by atomic mass is 10.4. The Labute approximate surface area is 84.8 Å². The van der Waals surface area contributed by atoms with Crippen LogP contribution in [0.1, 0.15) is 32.9 Å². The molecule has 4 heteroatoms. The van der Waals surface area contributed by atoms with E-state index in [9.17, 15) is 4.79 Å². The number of nitrogens with one attached hydrogen (secondary N) is 1. The van der Waals surface area contributed by atoms with Crippen LogP contribution in [0.2, 0.25) is 0 Å². The Kier molecular flexibility index (Phi) is 7.32. The van der Waals surface area contributed by atoms with E-state index in [0.29, 0.717) is 13.0 Å². The van der Waals surface area contributed by atoms with E-state index >= 15 is 0 Å². The molecule has 14 heavy (non-hydrogen) atoms. The molecule has 4 nitrogen and oxygen atoms in total. The number of carbonyl (C=O) groups excluding carboxylic acids is 1. The molecular weight excluding hydrogens is 178 g/mol. The van der Waals surface area contributed by atoms with E-state index < -0.39 is 0 Å². The molecule has 1 amide bonds. The first kappa shape index (κ1) is 12.6. The van der Waals surface area contributed by atoms with Gasteiger partial charge in [0.2, 0.25) is 5.91 Å². The van der Waals surface area contributed by atoms with Crippen LogP contribution in [-0.4, -0.2) is 15.9 Å². The van der Waals surface area contributed by atoms with Crippen LogP contribution < -0.4 is 5.32 Å². The zero-order chi connectivity index (χ0) is 10.8. The molecule has 0 aliphatic carbocycles. The predicted molar refractivity (Wildman–Crippen MR) is 55.5 cm³/mol. The summed E-state index contributed by atoms with van der Waals surface area (Å²) in [7, 11) is 0. The Hall–Kier alpha value is -1.45. The van der Waals surface area contributed by atoms with E-state index in [1.165, 1.54) is 0 Å². The van der Waals surface area contributed by atoms with E-state index in [1.807, 2.05) is 20.8 Å². The smallest absolute Gasteiger partial charge is 0.220 e. The van der Waals surface area contributed by atoms with Crippen molar-refractivity contribution >= 4 is 5.91 Å². The number of amides is 1. The fourth-order valence-corrected chi connectivity index (χ4v) is 0.735. The predicted octanol–water partition coefficient (Wildman–Crippen LogP) is 1.53. The van der Waals surface area contributed by atoms with Gasteiger partial charge in [-0.15, -0.1) is 0 Å². The fraction of sp³-hybridized carbons (Fsp3) is 0.500. The molecule has 0 saturated carbocycles. The lowest BCUT2D eigenvalue weighted by molar-refractivity contribution is -0.120. The van der Waals surface area contributed by atoms with Gasteiger partial charge in [-0.05, 0) is 0 Å². The van der Waals surface area contributed by atoms with Crippen molar-refractivity contribution in [3.63, 3.8) is 0 Å². The summed E-state index contributed by atoms with van der Waals surface area (Å²) in [5.74, 6) is 0.0284. The van der Waals surface area contributed by atoms with Crippen LogP contribution in [0.5, 0.6) is 0 Å². The first-order chi connectivity index (χ1) is 6.83. The largest absolute Gasteiger partial charge is 0.350 e. The molecule has 0 saturated heterocycles. The third-order valence-corrected chi connectivity index (χ3v) is 1.40. The molecule has 0 aromatic carbocycles. The summed E-state index contributed by atoms with van der Waals surface area (Å²) in [6, 6.07) is 0. The molecule has 1 rings (SSSR count). The van der Waals surface area contributed by atoms with Crippen molar-refractivity contribution in [2.45, 2.75) is 33.7 Å². The topological polar surface area (TPSA) is 54.9 Å². The first-order valence-electron chi connectivity index (χ1n) is 4.84. The number of nitrogens with zero attached hydrogens (tertiary/aromatic N) is 2. The van der Waals surface area contributed by atoms with Crippen LogP contribution in [0.3, 0.4) is 0 Å². The summed E-state index contributed by atoms with van der Waals surface area (Å²) in [5.41, 5.74) is 0.777. The van der Waals surface area contributed by atoms with Crippen molar-refractivity contribution in [2.75, 3.05) is 0 Å². The Morgan fingerprint density at radius 2 is 2.14 bits per heavy atom. The van der Waals surface area contributed by atoms with Gasteiger partial charge in [0, 0.05) is 18.8 Å². The molecule has 1 N–H and O–H groups in total. The fourth-order valence-electron chi connectivity index (χ4n) is 0.735. The highest BCUT2D eigenvalue weighted by Gasteiger charge is 1.96. The number of hydrogen-bond donors (Lipinski definition) is 1. The number of aromatic nitrogens is 2. The Balaban J connectivity index is 0.000000791. The Morgan fingerprint density at radius 3 is 2.64 bits per heavy atom. The first-order valence-corrected chi connectivity index (χ1v) is 4.84. The van der Waals surface area contributed by atoms with Gasteiger partial charge < -0.3 is 5.32 Å². The second kappa shape index (κ2) is 8.16. The maximum atomic E-state index is 10.8. The van der Waals surface area contributed by atoms with Gasteiger partial charge in [0.05, 0.1) is 18.4 Å². The second-order valence-electron chi connectivity index (χ2n) is 2.33. The normalized spacial score (nSPS) is 8.50. The monoisotopic (exact) mass is 195 g/mol. The molecule has 1 aromatic rings. The van der Waals surface area contributed by atoms with Crippen LogP contribution >= 0.6 is 0 Å². The van der Waals surface area contributed by atoms with Crippen LogP contribution in [0.4, 0.5) is 0 Å². The maximum absolute atomic E-state index is 10.8. The van der Waals surface area contributed by atoms with Crippen molar-refractivity contribution in [1.29, 1.82) is 0 Å². The van der Waals surface area contributed by atoms with Crippen LogP contribution in [0.25, 0.3) is 0 Å². The van der Waals surface area contributed by atoms with Crippen LogP contribution in [0.15, 0.2) is 18.6 Å². The highest BCUT2D eigenvalue weighted by Crippen LogP contribution is 1.88. The van der Waals surface area contributed by atoms with Crippen molar-refractivity contribution < 1.29 is 4.79 Å². The molecule has 1 heterocycles. The summed E-state index contributed by atoms with van der Waals surface area (Å²) in [6.07, 6.45) is 5.34. The van der Waals surface area contributed by atoms with Crippen LogP contribution in [-0.2, 0) is 11.3 Å². The number of hydrogen-bond acceptors (Lipinski definition) is 3. The van der Waals surface area contributed by atoms with Crippen molar-refractivity contribution in [3.8, 4) is 0 Å². The third kappa shape index (κ3) is 5.24. The van der Waals surface area contributed by atoms with E-state index in [2.05, 4.69) is 15.3 Å². The Bertz CT molecular complexity index is 249. The van der Waals surface area contributed by atoms with E-state index in [0.717, 1.165) is 5.69 Å². The maximum Gasteiger partial charge on any atom is 0.220 e. The summed E-state index contributed by atoms with van der Waals surface area (Å²) in [6.45, 7) is 6.27. The summed E-state index contributed by atoms with van der Waals surface area (Å²) in [4.78, 5) is 18.7. The average molecular weight is 195 g/mol. The van der Waals surface area contributed by atoms with Gasteiger partial charge in [0.1, 0.15) is 0 Å². The average Bonchev–Trinajstić information content (AvgIpc) is 2.30. The molecule has 0 unspecified atom stereocenters. The number of carbonyl (C=O) groups is 1. The molecule has 78 valence electrons. The quantitative estimate of drug-likeness (QED) is 0.795. The SMILES string of the molecule is CC.CCC(=O)NCc1cnccn1.